The van der Waals surface area contributed by atoms with Gasteiger partial charge in [0.1, 0.15) is 5.15 Å². The Morgan fingerprint density at radius 1 is 1.17 bits per heavy atom. The average molecular weight is 343 g/mol. The lowest BCUT2D eigenvalue weighted by Crippen LogP contribution is -2.31. The predicted octanol–water partition coefficient (Wildman–Crippen LogP) is 3.81. The Balaban J connectivity index is 1.50. The molecule has 0 aliphatic carbocycles. The number of pyridine rings is 1. The third kappa shape index (κ3) is 3.27. The number of nitrogens with zero attached hydrogens (tertiary/aromatic N) is 4. The molecular weight excluding hydrogens is 328 g/mol. The number of hydrogen-bond donors (Lipinski definition) is 0. The van der Waals surface area contributed by atoms with Gasteiger partial charge in [0.05, 0.1) is 10.6 Å². The van der Waals surface area contributed by atoms with E-state index in [2.05, 4.69) is 26.3 Å². The van der Waals surface area contributed by atoms with E-state index in [-0.39, 0.29) is 0 Å². The summed E-state index contributed by atoms with van der Waals surface area (Å²) >= 11 is 7.52. The molecule has 0 atom stereocenters. The minimum absolute atomic E-state index is 0.534. The molecule has 3 aromatic heterocycles. The van der Waals surface area contributed by atoms with Crippen LogP contribution in [0.3, 0.4) is 0 Å². The quantitative estimate of drug-likeness (QED) is 0.679. The van der Waals surface area contributed by atoms with Gasteiger partial charge in [0.25, 0.3) is 0 Å². The average Bonchev–Trinajstić information content (AvgIpc) is 3.11. The summed E-state index contributed by atoms with van der Waals surface area (Å²) in [6, 6.07) is 7.96. The summed E-state index contributed by atoms with van der Waals surface area (Å²) in [6.45, 7) is 2.75. The summed E-state index contributed by atoms with van der Waals surface area (Å²) in [5.41, 5.74) is 3.57. The molecule has 0 bridgehead atoms. The van der Waals surface area contributed by atoms with Crippen LogP contribution in [0.15, 0.2) is 42.0 Å². The molecule has 4 rings (SSSR count). The van der Waals surface area contributed by atoms with Crippen molar-refractivity contribution in [2.24, 2.45) is 0 Å². The van der Waals surface area contributed by atoms with Crippen molar-refractivity contribution in [1.82, 2.24) is 19.9 Å². The second-order valence-corrected chi connectivity index (χ2v) is 6.93. The molecule has 4 heterocycles. The van der Waals surface area contributed by atoms with Gasteiger partial charge in [-0.15, -0.1) is 11.3 Å². The number of halogens is 1. The number of fused-ring (bicyclic) bond motifs is 1. The topological polar surface area (TPSA) is 41.9 Å². The summed E-state index contributed by atoms with van der Waals surface area (Å²) in [6.07, 6.45) is 4.77. The van der Waals surface area contributed by atoms with Gasteiger partial charge < -0.3 is 0 Å². The highest BCUT2D eigenvalue weighted by Crippen LogP contribution is 2.24. The summed E-state index contributed by atoms with van der Waals surface area (Å²) in [5.74, 6) is 0.842. The molecule has 0 saturated heterocycles. The highest BCUT2D eigenvalue weighted by Gasteiger charge is 2.19. The Kier molecular flexibility index (Phi) is 4.08. The molecule has 0 saturated carbocycles. The van der Waals surface area contributed by atoms with E-state index in [4.69, 9.17) is 16.6 Å². The van der Waals surface area contributed by atoms with Gasteiger partial charge in [-0.3, -0.25) is 4.90 Å². The molecule has 3 aromatic rings. The van der Waals surface area contributed by atoms with Crippen molar-refractivity contribution in [3.05, 3.63) is 64.0 Å². The normalized spacial score (nSPS) is 14.7. The van der Waals surface area contributed by atoms with Crippen LogP contribution in [0.1, 0.15) is 16.8 Å². The molecular formula is C17H15ClN4S. The van der Waals surface area contributed by atoms with E-state index in [0.29, 0.717) is 5.15 Å². The summed E-state index contributed by atoms with van der Waals surface area (Å²) < 4.78 is 0. The zero-order chi connectivity index (χ0) is 15.6. The van der Waals surface area contributed by atoms with Crippen molar-refractivity contribution in [2.45, 2.75) is 19.5 Å². The Labute approximate surface area is 143 Å². The number of aromatic nitrogens is 3. The van der Waals surface area contributed by atoms with Crippen LogP contribution in [0.4, 0.5) is 0 Å². The van der Waals surface area contributed by atoms with Gasteiger partial charge >= 0.3 is 0 Å². The van der Waals surface area contributed by atoms with E-state index >= 15 is 0 Å². The van der Waals surface area contributed by atoms with E-state index < -0.39 is 0 Å². The van der Waals surface area contributed by atoms with Crippen LogP contribution < -0.4 is 0 Å². The van der Waals surface area contributed by atoms with E-state index in [9.17, 15) is 0 Å². The van der Waals surface area contributed by atoms with Gasteiger partial charge in [-0.25, -0.2) is 15.0 Å². The lowest BCUT2D eigenvalue weighted by atomic mass is 10.1. The second-order valence-electron chi connectivity index (χ2n) is 5.59. The molecule has 0 N–H and O–H groups in total. The van der Waals surface area contributed by atoms with Crippen LogP contribution in [-0.2, 0) is 19.5 Å². The third-order valence-corrected chi connectivity index (χ3v) is 5.04. The molecule has 23 heavy (non-hydrogen) atoms. The molecule has 1 aliphatic heterocycles. The van der Waals surface area contributed by atoms with E-state index in [1.807, 2.05) is 30.6 Å². The first-order valence-electron chi connectivity index (χ1n) is 7.49. The maximum atomic E-state index is 5.84. The molecule has 0 spiro atoms. The smallest absolute Gasteiger partial charge is 0.169 e. The minimum Gasteiger partial charge on any atom is -0.294 e. The molecule has 0 unspecified atom stereocenters. The third-order valence-electron chi connectivity index (χ3n) is 3.95. The van der Waals surface area contributed by atoms with Crippen molar-refractivity contribution >= 4 is 22.9 Å². The summed E-state index contributed by atoms with van der Waals surface area (Å²) in [4.78, 5) is 16.9. The SMILES string of the molecule is Clc1ccc(CN2CCc3nc(-c4cccs4)ncc3C2)cn1. The Hall–Kier alpha value is -1.82. The molecule has 116 valence electrons. The summed E-state index contributed by atoms with van der Waals surface area (Å²) in [5, 5.41) is 2.59. The fraction of sp³-hybridized carbons (Fsp3) is 0.235. The van der Waals surface area contributed by atoms with Crippen LogP contribution in [-0.4, -0.2) is 26.4 Å². The van der Waals surface area contributed by atoms with Crippen LogP contribution in [0.5, 0.6) is 0 Å². The van der Waals surface area contributed by atoms with Crippen molar-refractivity contribution in [2.75, 3.05) is 6.54 Å². The van der Waals surface area contributed by atoms with Crippen LogP contribution >= 0.6 is 22.9 Å². The zero-order valence-electron chi connectivity index (χ0n) is 12.4. The molecule has 4 nitrogen and oxygen atoms in total. The van der Waals surface area contributed by atoms with Crippen molar-refractivity contribution in [3.63, 3.8) is 0 Å². The molecule has 0 fully saturated rings. The number of hydrogen-bond acceptors (Lipinski definition) is 5. The van der Waals surface area contributed by atoms with Gasteiger partial charge in [-0.1, -0.05) is 23.7 Å². The number of rotatable bonds is 3. The highest BCUT2D eigenvalue weighted by atomic mass is 35.5. The molecule has 1 aliphatic rings. The Morgan fingerprint density at radius 2 is 2.13 bits per heavy atom. The van der Waals surface area contributed by atoms with Crippen molar-refractivity contribution in [1.29, 1.82) is 0 Å². The van der Waals surface area contributed by atoms with Gasteiger partial charge in [-0.05, 0) is 23.1 Å². The standard InChI is InChI=1S/C17H15ClN4S/c18-16-4-3-12(8-19-16)10-22-6-5-14-13(11-22)9-20-17(21-14)15-2-1-7-23-15/h1-4,7-9H,5-6,10-11H2. The lowest BCUT2D eigenvalue weighted by molar-refractivity contribution is 0.242. The van der Waals surface area contributed by atoms with E-state index in [1.165, 1.54) is 16.8 Å². The maximum Gasteiger partial charge on any atom is 0.169 e. The second kappa shape index (κ2) is 6.35. The first-order chi connectivity index (χ1) is 11.3. The number of thiophene rings is 1. The first-order valence-corrected chi connectivity index (χ1v) is 8.75. The van der Waals surface area contributed by atoms with Crippen molar-refractivity contribution in [3.8, 4) is 10.7 Å². The Bertz CT molecular complexity index is 802. The lowest BCUT2D eigenvalue weighted by Gasteiger charge is -2.27. The van der Waals surface area contributed by atoms with Gasteiger partial charge in [0.2, 0.25) is 0 Å². The largest absolute Gasteiger partial charge is 0.294 e. The maximum absolute atomic E-state index is 5.84. The fourth-order valence-corrected chi connectivity index (χ4v) is 3.57. The van der Waals surface area contributed by atoms with E-state index in [1.54, 1.807) is 11.3 Å². The van der Waals surface area contributed by atoms with Crippen molar-refractivity contribution < 1.29 is 0 Å². The predicted molar refractivity (Wildman–Crippen MR) is 92.4 cm³/mol. The molecule has 0 amide bonds. The van der Waals surface area contributed by atoms with E-state index in [0.717, 1.165) is 36.8 Å². The summed E-state index contributed by atoms with van der Waals surface area (Å²) in [7, 11) is 0. The van der Waals surface area contributed by atoms with Gasteiger partial charge in [0, 0.05) is 44.0 Å². The molecule has 6 heteroatoms. The van der Waals surface area contributed by atoms with Crippen LogP contribution in [0.2, 0.25) is 5.15 Å². The van der Waals surface area contributed by atoms with Crippen LogP contribution in [0, 0.1) is 0 Å². The fourth-order valence-electron chi connectivity index (χ4n) is 2.79. The first kappa shape index (κ1) is 14.8. The highest BCUT2D eigenvalue weighted by molar-refractivity contribution is 7.13. The van der Waals surface area contributed by atoms with Gasteiger partial charge in [-0.2, -0.15) is 0 Å². The molecule has 0 radical (unpaired) electrons. The monoisotopic (exact) mass is 342 g/mol. The minimum atomic E-state index is 0.534. The zero-order valence-corrected chi connectivity index (χ0v) is 14.0. The Morgan fingerprint density at radius 3 is 2.91 bits per heavy atom. The van der Waals surface area contributed by atoms with Crippen LogP contribution in [0.25, 0.3) is 10.7 Å². The van der Waals surface area contributed by atoms with Gasteiger partial charge in [0.15, 0.2) is 5.82 Å². The molecule has 0 aromatic carbocycles.